The van der Waals surface area contributed by atoms with Crippen molar-refractivity contribution < 1.29 is 33.8 Å². The highest BCUT2D eigenvalue weighted by Crippen LogP contribution is 2.31. The number of nitrogens with one attached hydrogen (secondary N) is 2. The van der Waals surface area contributed by atoms with E-state index in [1.807, 2.05) is 63.1 Å². The molecule has 3 amide bonds. The highest BCUT2D eigenvalue weighted by molar-refractivity contribution is 7.09. The van der Waals surface area contributed by atoms with E-state index in [-0.39, 0.29) is 47.8 Å². The van der Waals surface area contributed by atoms with Gasteiger partial charge in [-0.15, -0.1) is 11.3 Å². The Labute approximate surface area is 301 Å². The Morgan fingerprint density at radius 1 is 1.08 bits per heavy atom. The van der Waals surface area contributed by atoms with E-state index in [4.69, 9.17) is 9.47 Å². The van der Waals surface area contributed by atoms with Crippen LogP contribution in [0.1, 0.15) is 93.9 Å². The molecular weight excluding hydrogens is 659 g/mol. The number of thiazole rings is 1. The van der Waals surface area contributed by atoms with Crippen LogP contribution in [0.5, 0.6) is 0 Å². The van der Waals surface area contributed by atoms with E-state index in [1.165, 1.54) is 18.4 Å². The van der Waals surface area contributed by atoms with Crippen LogP contribution in [0, 0.1) is 11.8 Å². The summed E-state index contributed by atoms with van der Waals surface area (Å²) < 4.78 is 11.7. The molecule has 1 aliphatic heterocycles. The predicted molar refractivity (Wildman–Crippen MR) is 194 cm³/mol. The molecule has 0 saturated carbocycles. The molecule has 0 radical (unpaired) electrons. The van der Waals surface area contributed by atoms with Crippen molar-refractivity contribution in [2.75, 3.05) is 34.4 Å². The van der Waals surface area contributed by atoms with Crippen molar-refractivity contribution in [3.8, 4) is 0 Å². The first-order chi connectivity index (χ1) is 23.8. The lowest BCUT2D eigenvalue weighted by Crippen LogP contribution is -2.59. The lowest BCUT2D eigenvalue weighted by atomic mass is 9.95. The Kier molecular flexibility index (Phi) is 16.3. The Bertz CT molecular complexity index is 1390. The molecule has 1 unspecified atom stereocenters. The standard InChI is InChI=1S/C37H57N5O7S/c1-9-49-31(35-39-28(22-50-35)33(43)38-27(19-24(4)37(46)47)20-26-15-11-10-12-16-26)21-30(23(2)3)42(7)36(45)32(25(5)48-8)40-34(44)29-17-13-14-18-41(29)6/h10-12,15-16,22-25,27,29-32H,9,13-14,17-21H2,1-8H3,(H,38,43)(H,40,44)(H,46,47)/t24-,25+,27+,29?,30+,31+,32-/m0/s1. The first-order valence-electron chi connectivity index (χ1n) is 17.7. The second-order valence-corrected chi connectivity index (χ2v) is 14.7. The average Bonchev–Trinajstić information content (AvgIpc) is 3.59. The number of carboxylic acid groups (broad SMARTS) is 1. The van der Waals surface area contributed by atoms with Gasteiger partial charge >= 0.3 is 5.97 Å². The summed E-state index contributed by atoms with van der Waals surface area (Å²) in [6, 6.07) is 7.78. The van der Waals surface area contributed by atoms with Gasteiger partial charge < -0.3 is 30.1 Å². The van der Waals surface area contributed by atoms with Crippen LogP contribution in [0.4, 0.5) is 0 Å². The zero-order valence-corrected chi connectivity index (χ0v) is 31.7. The number of hydrogen-bond donors (Lipinski definition) is 3. The normalized spacial score (nSPS) is 18.8. The molecule has 13 heteroatoms. The Balaban J connectivity index is 1.77. The van der Waals surface area contributed by atoms with Gasteiger partial charge in [-0.05, 0) is 64.6 Å². The van der Waals surface area contributed by atoms with Gasteiger partial charge in [-0.3, -0.25) is 24.1 Å². The Hall–Kier alpha value is -3.39. The molecule has 1 aromatic carbocycles. The summed E-state index contributed by atoms with van der Waals surface area (Å²) in [6.45, 7) is 10.6. The smallest absolute Gasteiger partial charge is 0.306 e. The number of piperidine rings is 1. The topological polar surface area (TPSA) is 150 Å². The summed E-state index contributed by atoms with van der Waals surface area (Å²) in [7, 11) is 5.21. The Morgan fingerprint density at radius 2 is 1.78 bits per heavy atom. The van der Waals surface area contributed by atoms with Crippen molar-refractivity contribution in [2.45, 2.75) is 110 Å². The molecule has 1 fully saturated rings. The maximum Gasteiger partial charge on any atom is 0.306 e. The summed E-state index contributed by atoms with van der Waals surface area (Å²) in [5.74, 6) is -2.34. The van der Waals surface area contributed by atoms with E-state index in [0.717, 1.165) is 31.4 Å². The predicted octanol–water partition coefficient (Wildman–Crippen LogP) is 4.55. The van der Waals surface area contributed by atoms with Crippen LogP contribution in [-0.2, 0) is 30.3 Å². The summed E-state index contributed by atoms with van der Waals surface area (Å²) in [4.78, 5) is 60.9. The zero-order valence-electron chi connectivity index (χ0n) is 30.9. The minimum Gasteiger partial charge on any atom is -0.481 e. The van der Waals surface area contributed by atoms with Crippen molar-refractivity contribution in [1.29, 1.82) is 0 Å². The average molecular weight is 716 g/mol. The first kappa shape index (κ1) is 41.0. The summed E-state index contributed by atoms with van der Waals surface area (Å²) in [6.07, 6.45) is 2.88. The van der Waals surface area contributed by atoms with Crippen LogP contribution >= 0.6 is 11.3 Å². The SMILES string of the molecule is CCO[C@H](C[C@H](C(C)C)N(C)C(=O)[C@@H](NC(=O)C1CCCCN1C)[C@@H](C)OC)c1nc(C(=O)N[C@@H](Cc2ccccc2)C[C@H](C)C(=O)O)cs1. The monoisotopic (exact) mass is 715 g/mol. The van der Waals surface area contributed by atoms with Gasteiger partial charge in [-0.25, -0.2) is 4.98 Å². The van der Waals surface area contributed by atoms with Gasteiger partial charge in [-0.2, -0.15) is 0 Å². The third-order valence-corrected chi connectivity index (χ3v) is 10.6. The van der Waals surface area contributed by atoms with Crippen molar-refractivity contribution in [3.63, 3.8) is 0 Å². The quantitative estimate of drug-likeness (QED) is 0.190. The minimum absolute atomic E-state index is 0.0308. The molecule has 3 rings (SSSR count). The number of aliphatic carboxylic acids is 1. The van der Waals surface area contributed by atoms with Gasteiger partial charge in [0.1, 0.15) is 22.8 Å². The third-order valence-electron chi connectivity index (χ3n) is 9.67. The second kappa shape index (κ2) is 19.9. The second-order valence-electron chi connectivity index (χ2n) is 13.8. The fourth-order valence-electron chi connectivity index (χ4n) is 6.51. The number of rotatable bonds is 19. The largest absolute Gasteiger partial charge is 0.481 e. The molecule has 2 heterocycles. The Morgan fingerprint density at radius 3 is 2.38 bits per heavy atom. The molecular formula is C37H57N5O7S. The molecule has 7 atom stereocenters. The van der Waals surface area contributed by atoms with E-state index in [2.05, 4.69) is 15.6 Å². The van der Waals surface area contributed by atoms with Gasteiger partial charge in [0.15, 0.2) is 0 Å². The van der Waals surface area contributed by atoms with Crippen LogP contribution in [0.25, 0.3) is 0 Å². The maximum absolute atomic E-state index is 14.1. The summed E-state index contributed by atoms with van der Waals surface area (Å²) in [5.41, 5.74) is 1.22. The number of methoxy groups -OCH3 is 1. The summed E-state index contributed by atoms with van der Waals surface area (Å²) >= 11 is 1.31. The lowest BCUT2D eigenvalue weighted by Gasteiger charge is -2.38. The lowest BCUT2D eigenvalue weighted by molar-refractivity contribution is -0.143. The summed E-state index contributed by atoms with van der Waals surface area (Å²) in [5, 5.41) is 17.8. The van der Waals surface area contributed by atoms with E-state index >= 15 is 0 Å². The van der Waals surface area contributed by atoms with Gasteiger partial charge in [0.2, 0.25) is 11.8 Å². The zero-order chi connectivity index (χ0) is 37.0. The van der Waals surface area contributed by atoms with Gasteiger partial charge in [0.25, 0.3) is 5.91 Å². The van der Waals surface area contributed by atoms with Gasteiger partial charge in [0.05, 0.1) is 18.1 Å². The number of carbonyl (C=O) groups excluding carboxylic acids is 3. The highest BCUT2D eigenvalue weighted by atomic mass is 32.1. The van der Waals surface area contributed by atoms with Crippen LogP contribution in [-0.4, -0.2) is 108 Å². The number of hydrogen-bond acceptors (Lipinski definition) is 9. The van der Waals surface area contributed by atoms with Crippen LogP contribution in [0.3, 0.4) is 0 Å². The van der Waals surface area contributed by atoms with Crippen LogP contribution < -0.4 is 10.6 Å². The molecule has 1 aliphatic rings. The van der Waals surface area contributed by atoms with Crippen molar-refractivity contribution in [3.05, 3.63) is 52.0 Å². The molecule has 1 saturated heterocycles. The van der Waals surface area contributed by atoms with E-state index in [9.17, 15) is 24.3 Å². The number of aromatic nitrogens is 1. The molecule has 2 aromatic rings. The first-order valence-corrected chi connectivity index (χ1v) is 18.6. The molecule has 1 aromatic heterocycles. The van der Waals surface area contributed by atoms with Gasteiger partial charge in [-0.1, -0.05) is 57.5 Å². The number of carbonyl (C=O) groups is 4. The van der Waals surface area contributed by atoms with E-state index in [0.29, 0.717) is 24.5 Å². The number of likely N-dealkylation sites (N-methyl/N-ethyl adjacent to an activating group) is 2. The number of benzene rings is 1. The number of carboxylic acids is 1. The van der Waals surface area contributed by atoms with Gasteiger partial charge in [0, 0.05) is 44.6 Å². The van der Waals surface area contributed by atoms with E-state index in [1.54, 1.807) is 31.2 Å². The number of ether oxygens (including phenoxy) is 2. The van der Waals surface area contributed by atoms with Crippen molar-refractivity contribution >= 4 is 35.0 Å². The molecule has 278 valence electrons. The fraction of sp³-hybridized carbons (Fsp3) is 0.649. The van der Waals surface area contributed by atoms with Crippen LogP contribution in [0.15, 0.2) is 35.7 Å². The molecule has 0 aliphatic carbocycles. The number of nitrogens with zero attached hydrogens (tertiary/aromatic N) is 3. The molecule has 0 bridgehead atoms. The maximum atomic E-state index is 14.1. The number of amides is 3. The molecule has 3 N–H and O–H groups in total. The number of likely N-dealkylation sites (tertiary alicyclic amines) is 1. The minimum atomic E-state index is -0.918. The molecule has 12 nitrogen and oxygen atoms in total. The van der Waals surface area contributed by atoms with E-state index < -0.39 is 36.2 Å². The third kappa shape index (κ3) is 11.6. The molecule has 0 spiro atoms. The molecule has 50 heavy (non-hydrogen) atoms. The highest BCUT2D eigenvalue weighted by Gasteiger charge is 2.37. The van der Waals surface area contributed by atoms with Crippen molar-refractivity contribution in [2.24, 2.45) is 11.8 Å². The fourth-order valence-corrected chi connectivity index (χ4v) is 7.37. The van der Waals surface area contributed by atoms with Crippen LogP contribution in [0.2, 0.25) is 0 Å². The van der Waals surface area contributed by atoms with Crippen molar-refractivity contribution in [1.82, 2.24) is 25.4 Å².